The molecule has 2 aliphatic heterocycles. The molecule has 2 aromatic carbocycles. The molecule has 2 aliphatic rings. The number of fused-ring (bicyclic) bond motifs is 4. The van der Waals surface area contributed by atoms with Gasteiger partial charge in [0.15, 0.2) is 0 Å². The van der Waals surface area contributed by atoms with Gasteiger partial charge in [0.05, 0.1) is 0 Å². The molecule has 5 rings (SSSR count). The number of rotatable bonds is 4. The number of hydrogen-bond donors (Lipinski definition) is 1. The molecular formula is C25H23F3N2O3. The number of likely N-dealkylation sites (tertiary alicyclic amines) is 1. The topological polar surface area (TPSA) is 54.7 Å². The second kappa shape index (κ2) is 8.26. The fourth-order valence-electron chi connectivity index (χ4n) is 5.12. The van der Waals surface area contributed by atoms with Crippen LogP contribution in [-0.4, -0.2) is 34.0 Å². The van der Waals surface area contributed by atoms with Crippen LogP contribution < -0.4 is 10.3 Å². The Kier molecular flexibility index (Phi) is 5.40. The molecule has 5 nitrogen and oxygen atoms in total. The molecule has 2 atom stereocenters. The number of pyridine rings is 1. The number of phenolic OH excluding ortho intramolecular Hbond substituents is 1. The number of benzene rings is 2. The van der Waals surface area contributed by atoms with Crippen LogP contribution in [0.15, 0.2) is 65.5 Å². The number of aromatic hydroxyl groups is 1. The Morgan fingerprint density at radius 1 is 0.970 bits per heavy atom. The van der Waals surface area contributed by atoms with E-state index in [4.69, 9.17) is 0 Å². The summed E-state index contributed by atoms with van der Waals surface area (Å²) in [6, 6.07) is 16.4. The first-order valence-electron chi connectivity index (χ1n) is 10.9. The molecule has 2 bridgehead atoms. The lowest BCUT2D eigenvalue weighted by Gasteiger charge is -2.43. The number of hydrogen-bond acceptors (Lipinski definition) is 4. The number of phenols is 1. The molecule has 33 heavy (non-hydrogen) atoms. The molecule has 1 saturated heterocycles. The number of halogens is 3. The smallest absolute Gasteiger partial charge is 0.508 e. The van der Waals surface area contributed by atoms with Crippen LogP contribution in [0.4, 0.5) is 13.2 Å². The SMILES string of the molecule is O=c1c(-c2ccc(OC(F)(F)F)cc2)ccc2n1C[C@@H]1C[C@@H]2CN(Cc2ccccc2O)C1. The predicted molar refractivity (Wildman–Crippen MR) is 117 cm³/mol. The molecule has 1 fully saturated rings. The van der Waals surface area contributed by atoms with Crippen molar-refractivity contribution in [1.29, 1.82) is 0 Å². The highest BCUT2D eigenvalue weighted by Crippen LogP contribution is 2.37. The summed E-state index contributed by atoms with van der Waals surface area (Å²) in [5, 5.41) is 10.1. The molecule has 0 spiro atoms. The third kappa shape index (κ3) is 4.48. The Morgan fingerprint density at radius 2 is 1.73 bits per heavy atom. The number of para-hydroxylation sites is 1. The van der Waals surface area contributed by atoms with Gasteiger partial charge in [-0.05, 0) is 48.2 Å². The van der Waals surface area contributed by atoms with Gasteiger partial charge in [-0.1, -0.05) is 30.3 Å². The largest absolute Gasteiger partial charge is 0.573 e. The van der Waals surface area contributed by atoms with Crippen LogP contribution in [0.2, 0.25) is 0 Å². The van der Waals surface area contributed by atoms with Gasteiger partial charge in [-0.15, -0.1) is 13.2 Å². The summed E-state index contributed by atoms with van der Waals surface area (Å²) >= 11 is 0. The zero-order valence-electron chi connectivity index (χ0n) is 17.8. The fraction of sp³-hybridized carbons (Fsp3) is 0.320. The third-order valence-electron chi connectivity index (χ3n) is 6.46. The normalized spacial score (nSPS) is 20.3. The quantitative estimate of drug-likeness (QED) is 0.616. The van der Waals surface area contributed by atoms with Crippen LogP contribution >= 0.6 is 0 Å². The molecule has 0 radical (unpaired) electrons. The lowest BCUT2D eigenvalue weighted by atomic mass is 9.82. The van der Waals surface area contributed by atoms with Crippen molar-refractivity contribution in [2.75, 3.05) is 13.1 Å². The van der Waals surface area contributed by atoms with Crippen LogP contribution in [-0.2, 0) is 13.1 Å². The average Bonchev–Trinajstić information content (AvgIpc) is 2.76. The van der Waals surface area contributed by atoms with Crippen LogP contribution in [0.3, 0.4) is 0 Å². The van der Waals surface area contributed by atoms with E-state index in [1.54, 1.807) is 18.2 Å². The Hall–Kier alpha value is -3.26. The second-order valence-corrected chi connectivity index (χ2v) is 8.78. The van der Waals surface area contributed by atoms with Crippen LogP contribution in [0.25, 0.3) is 11.1 Å². The number of piperidine rings is 1. The summed E-state index contributed by atoms with van der Waals surface area (Å²) in [5.41, 5.74) is 2.77. The molecule has 8 heteroatoms. The van der Waals surface area contributed by atoms with Gasteiger partial charge in [-0.2, -0.15) is 0 Å². The van der Waals surface area contributed by atoms with Gasteiger partial charge in [0, 0.05) is 48.9 Å². The standard InChI is InChI=1S/C25H23F3N2O3/c26-25(27,28)33-20-7-5-17(6-8-20)21-9-10-22-19-11-16(13-30(22)24(21)32)12-29(15-19)14-18-3-1-2-4-23(18)31/h1-10,16,19,31H,11-15H2/t16-,19-/m1/s1. The molecule has 3 aromatic rings. The van der Waals surface area contributed by atoms with Gasteiger partial charge in [0.25, 0.3) is 5.56 Å². The zero-order chi connectivity index (χ0) is 23.2. The number of alkyl halides is 3. The van der Waals surface area contributed by atoms with Gasteiger partial charge in [-0.3, -0.25) is 9.69 Å². The summed E-state index contributed by atoms with van der Waals surface area (Å²) in [4.78, 5) is 15.6. The first-order chi connectivity index (χ1) is 15.8. The van der Waals surface area contributed by atoms with Crippen molar-refractivity contribution < 1.29 is 23.0 Å². The van der Waals surface area contributed by atoms with E-state index in [0.29, 0.717) is 35.9 Å². The molecule has 0 aliphatic carbocycles. The average molecular weight is 456 g/mol. The Balaban J connectivity index is 1.38. The van der Waals surface area contributed by atoms with Gasteiger partial charge in [0.1, 0.15) is 11.5 Å². The van der Waals surface area contributed by atoms with Crippen LogP contribution in [0, 0.1) is 5.92 Å². The molecular weight excluding hydrogens is 433 g/mol. The van der Waals surface area contributed by atoms with Gasteiger partial charge >= 0.3 is 6.36 Å². The highest BCUT2D eigenvalue weighted by atomic mass is 19.4. The molecule has 3 heterocycles. The maximum atomic E-state index is 13.3. The number of ether oxygens (including phenoxy) is 1. The van der Waals surface area contributed by atoms with E-state index in [0.717, 1.165) is 30.8 Å². The van der Waals surface area contributed by atoms with Crippen molar-refractivity contribution >= 4 is 0 Å². The summed E-state index contributed by atoms with van der Waals surface area (Å²) in [6.07, 6.45) is -3.74. The molecule has 1 aromatic heterocycles. The monoisotopic (exact) mass is 456 g/mol. The van der Waals surface area contributed by atoms with E-state index in [9.17, 15) is 23.1 Å². The zero-order valence-corrected chi connectivity index (χ0v) is 17.8. The fourth-order valence-corrected chi connectivity index (χ4v) is 5.12. The predicted octanol–water partition coefficient (Wildman–Crippen LogP) is 4.74. The summed E-state index contributed by atoms with van der Waals surface area (Å²) in [7, 11) is 0. The minimum Gasteiger partial charge on any atom is -0.508 e. The highest BCUT2D eigenvalue weighted by molar-refractivity contribution is 5.63. The molecule has 0 amide bonds. The molecule has 172 valence electrons. The van der Waals surface area contributed by atoms with E-state index in [1.165, 1.54) is 24.3 Å². The third-order valence-corrected chi connectivity index (χ3v) is 6.46. The van der Waals surface area contributed by atoms with Gasteiger partial charge in [0.2, 0.25) is 0 Å². The molecule has 0 unspecified atom stereocenters. The summed E-state index contributed by atoms with van der Waals surface area (Å²) in [5.74, 6) is 0.509. The minimum atomic E-state index is -4.75. The molecule has 0 saturated carbocycles. The van der Waals surface area contributed by atoms with Crippen molar-refractivity contribution in [1.82, 2.24) is 9.47 Å². The summed E-state index contributed by atoms with van der Waals surface area (Å²) in [6.45, 7) is 2.90. The lowest BCUT2D eigenvalue weighted by Crippen LogP contribution is -2.46. The van der Waals surface area contributed by atoms with Gasteiger partial charge < -0.3 is 14.4 Å². The van der Waals surface area contributed by atoms with Crippen molar-refractivity contribution in [3.63, 3.8) is 0 Å². The van der Waals surface area contributed by atoms with Crippen LogP contribution in [0.1, 0.15) is 23.6 Å². The van der Waals surface area contributed by atoms with Crippen LogP contribution in [0.5, 0.6) is 11.5 Å². The first kappa shape index (κ1) is 21.6. The van der Waals surface area contributed by atoms with Crippen molar-refractivity contribution in [3.8, 4) is 22.6 Å². The number of aromatic nitrogens is 1. The highest BCUT2D eigenvalue weighted by Gasteiger charge is 2.35. The van der Waals surface area contributed by atoms with Crippen molar-refractivity contribution in [2.24, 2.45) is 5.92 Å². The van der Waals surface area contributed by atoms with E-state index < -0.39 is 6.36 Å². The van der Waals surface area contributed by atoms with Gasteiger partial charge in [-0.25, -0.2) is 0 Å². The van der Waals surface area contributed by atoms with Crippen molar-refractivity contribution in [2.45, 2.75) is 31.8 Å². The van der Waals surface area contributed by atoms with E-state index >= 15 is 0 Å². The summed E-state index contributed by atoms with van der Waals surface area (Å²) < 4.78 is 43.0. The number of nitrogens with zero attached hydrogens (tertiary/aromatic N) is 2. The van der Waals surface area contributed by atoms with Crippen molar-refractivity contribution in [3.05, 3.63) is 82.3 Å². The molecule has 1 N–H and O–H groups in total. The van der Waals surface area contributed by atoms with E-state index in [2.05, 4.69) is 9.64 Å². The van der Waals surface area contributed by atoms with E-state index in [-0.39, 0.29) is 17.2 Å². The first-order valence-corrected chi connectivity index (χ1v) is 10.9. The maximum absolute atomic E-state index is 13.3. The Bertz CT molecular complexity index is 1220. The maximum Gasteiger partial charge on any atom is 0.573 e. The minimum absolute atomic E-state index is 0.124. The second-order valence-electron chi connectivity index (χ2n) is 8.78. The van der Waals surface area contributed by atoms with E-state index in [1.807, 2.05) is 22.8 Å². The Labute approximate surface area is 188 Å². The Morgan fingerprint density at radius 3 is 2.45 bits per heavy atom. The lowest BCUT2D eigenvalue weighted by molar-refractivity contribution is -0.274.